The lowest BCUT2D eigenvalue weighted by Gasteiger charge is -2.23. The second-order valence-corrected chi connectivity index (χ2v) is 7.25. The zero-order valence-electron chi connectivity index (χ0n) is 13.5. The van der Waals surface area contributed by atoms with Gasteiger partial charge in [0.1, 0.15) is 0 Å². The van der Waals surface area contributed by atoms with E-state index in [-0.39, 0.29) is 17.7 Å². The van der Waals surface area contributed by atoms with Crippen LogP contribution in [-0.2, 0) is 0 Å². The molecule has 2 amide bonds. The lowest BCUT2D eigenvalue weighted by molar-refractivity contribution is 0.0926. The molecule has 0 radical (unpaired) electrons. The van der Waals surface area contributed by atoms with E-state index in [4.69, 9.17) is 16.0 Å². The third-order valence-electron chi connectivity index (χ3n) is 4.21. The Kier molecular flexibility index (Phi) is 5.81. The van der Waals surface area contributed by atoms with Crippen LogP contribution < -0.4 is 10.6 Å². The molecule has 0 atom stereocenters. The summed E-state index contributed by atoms with van der Waals surface area (Å²) >= 11 is 9.32. The van der Waals surface area contributed by atoms with Gasteiger partial charge < -0.3 is 15.1 Å². The first-order valence-corrected chi connectivity index (χ1v) is 9.37. The van der Waals surface area contributed by atoms with Gasteiger partial charge in [-0.05, 0) is 59.1 Å². The maximum Gasteiger partial charge on any atom is 0.291 e. The monoisotopic (exact) mass is 424 g/mol. The number of furan rings is 1. The van der Waals surface area contributed by atoms with Crippen molar-refractivity contribution in [1.29, 1.82) is 0 Å². The second kappa shape index (κ2) is 8.06. The lowest BCUT2D eigenvalue weighted by Crippen LogP contribution is -2.36. The van der Waals surface area contributed by atoms with Gasteiger partial charge in [0.25, 0.3) is 11.8 Å². The summed E-state index contributed by atoms with van der Waals surface area (Å²) < 4.78 is 5.69. The molecule has 0 aliphatic heterocycles. The van der Waals surface area contributed by atoms with Crippen molar-refractivity contribution in [3.63, 3.8) is 0 Å². The highest BCUT2D eigenvalue weighted by Crippen LogP contribution is 2.23. The molecule has 0 unspecified atom stereocenters. The van der Waals surface area contributed by atoms with Gasteiger partial charge in [-0.3, -0.25) is 9.59 Å². The molecule has 1 aromatic carbocycles. The summed E-state index contributed by atoms with van der Waals surface area (Å²) in [6.45, 7) is 0. The molecule has 0 bridgehead atoms. The Balaban J connectivity index is 1.71. The summed E-state index contributed by atoms with van der Waals surface area (Å²) in [6.07, 6.45) is 5.47. The third kappa shape index (κ3) is 4.64. The average molecular weight is 426 g/mol. The normalized spacial score (nSPS) is 15.0. The van der Waals surface area contributed by atoms with Crippen LogP contribution in [-0.4, -0.2) is 17.9 Å². The van der Waals surface area contributed by atoms with E-state index in [0.717, 1.165) is 25.7 Å². The highest BCUT2D eigenvalue weighted by molar-refractivity contribution is 9.10. The Bertz CT molecular complexity index is 784. The summed E-state index contributed by atoms with van der Waals surface area (Å²) in [7, 11) is 0. The molecule has 7 heteroatoms. The minimum atomic E-state index is -0.397. The summed E-state index contributed by atoms with van der Waals surface area (Å²) in [4.78, 5) is 24.7. The smallest absolute Gasteiger partial charge is 0.291 e. The highest BCUT2D eigenvalue weighted by atomic mass is 79.9. The molecular formula is C18H18BrClN2O3. The number of nitrogens with one attached hydrogen (secondary N) is 2. The van der Waals surface area contributed by atoms with Gasteiger partial charge >= 0.3 is 0 Å². The van der Waals surface area contributed by atoms with Gasteiger partial charge in [-0.25, -0.2) is 0 Å². The van der Waals surface area contributed by atoms with E-state index in [1.54, 1.807) is 30.3 Å². The Labute approximate surface area is 159 Å². The summed E-state index contributed by atoms with van der Waals surface area (Å²) in [5.41, 5.74) is 0.835. The minimum absolute atomic E-state index is 0.176. The number of hydrogen-bond donors (Lipinski definition) is 2. The fourth-order valence-electron chi connectivity index (χ4n) is 2.92. The molecule has 132 valence electrons. The summed E-state index contributed by atoms with van der Waals surface area (Å²) in [6, 6.07) is 8.22. The number of rotatable bonds is 4. The second-order valence-electron chi connectivity index (χ2n) is 6.06. The van der Waals surface area contributed by atoms with Crippen molar-refractivity contribution in [3.05, 3.63) is 51.3 Å². The van der Waals surface area contributed by atoms with E-state index in [2.05, 4.69) is 26.6 Å². The Morgan fingerprint density at radius 3 is 2.52 bits per heavy atom. The Morgan fingerprint density at radius 1 is 1.08 bits per heavy atom. The van der Waals surface area contributed by atoms with Gasteiger partial charge in [0, 0.05) is 11.7 Å². The van der Waals surface area contributed by atoms with Crippen LogP contribution in [0.5, 0.6) is 0 Å². The zero-order chi connectivity index (χ0) is 17.8. The number of anilines is 1. The van der Waals surface area contributed by atoms with Crippen LogP contribution in [0.15, 0.2) is 39.4 Å². The van der Waals surface area contributed by atoms with E-state index in [1.165, 1.54) is 6.42 Å². The minimum Gasteiger partial charge on any atom is -0.444 e. The number of carbonyl (C=O) groups excluding carboxylic acids is 2. The van der Waals surface area contributed by atoms with Crippen molar-refractivity contribution in [1.82, 2.24) is 5.32 Å². The van der Waals surface area contributed by atoms with Gasteiger partial charge in [-0.1, -0.05) is 30.9 Å². The number of benzene rings is 1. The maximum atomic E-state index is 12.5. The topological polar surface area (TPSA) is 71.3 Å². The number of amides is 2. The number of carbonyl (C=O) groups is 2. The maximum absolute atomic E-state index is 12.5. The molecule has 1 fully saturated rings. The highest BCUT2D eigenvalue weighted by Gasteiger charge is 2.19. The van der Waals surface area contributed by atoms with Crippen LogP contribution in [0.25, 0.3) is 0 Å². The predicted octanol–water partition coefficient (Wildman–Crippen LogP) is 5.01. The first kappa shape index (κ1) is 18.0. The van der Waals surface area contributed by atoms with Crippen LogP contribution in [0, 0.1) is 0 Å². The summed E-state index contributed by atoms with van der Waals surface area (Å²) in [5, 5.41) is 6.09. The van der Waals surface area contributed by atoms with Gasteiger partial charge in [-0.2, -0.15) is 0 Å². The molecular weight excluding hydrogens is 408 g/mol. The van der Waals surface area contributed by atoms with Crippen molar-refractivity contribution < 1.29 is 14.0 Å². The molecule has 2 N–H and O–H groups in total. The first-order valence-electron chi connectivity index (χ1n) is 8.20. The van der Waals surface area contributed by atoms with Crippen molar-refractivity contribution in [2.45, 2.75) is 38.1 Å². The average Bonchev–Trinajstić information content (AvgIpc) is 3.04. The van der Waals surface area contributed by atoms with Crippen molar-refractivity contribution >= 4 is 45.0 Å². The van der Waals surface area contributed by atoms with E-state index in [0.29, 0.717) is 20.9 Å². The van der Waals surface area contributed by atoms with Crippen LogP contribution in [0.3, 0.4) is 0 Å². The molecule has 1 aliphatic rings. The van der Waals surface area contributed by atoms with Crippen LogP contribution >= 0.6 is 27.5 Å². The van der Waals surface area contributed by atoms with Crippen molar-refractivity contribution in [3.8, 4) is 0 Å². The standard InChI is InChI=1S/C18H18BrClN2O3/c19-16-9-8-15(25-16)18(24)22-12-6-7-14(20)13(10-12)17(23)21-11-4-2-1-3-5-11/h6-11H,1-5H2,(H,21,23)(H,22,24). The van der Waals surface area contributed by atoms with Crippen LogP contribution in [0.4, 0.5) is 5.69 Å². The molecule has 3 rings (SSSR count). The largest absolute Gasteiger partial charge is 0.444 e. The zero-order valence-corrected chi connectivity index (χ0v) is 15.8. The Hall–Kier alpha value is -1.79. The number of hydrogen-bond acceptors (Lipinski definition) is 3. The van der Waals surface area contributed by atoms with Crippen molar-refractivity contribution in [2.24, 2.45) is 0 Å². The molecule has 1 aliphatic carbocycles. The fourth-order valence-corrected chi connectivity index (χ4v) is 3.43. The van der Waals surface area contributed by atoms with Crippen LogP contribution in [0.2, 0.25) is 5.02 Å². The molecule has 1 aromatic heterocycles. The van der Waals surface area contributed by atoms with Crippen molar-refractivity contribution in [2.75, 3.05) is 5.32 Å². The lowest BCUT2D eigenvalue weighted by atomic mass is 9.95. The van der Waals surface area contributed by atoms with E-state index >= 15 is 0 Å². The van der Waals surface area contributed by atoms with Gasteiger partial charge in [0.15, 0.2) is 10.4 Å². The Morgan fingerprint density at radius 2 is 1.84 bits per heavy atom. The quantitative estimate of drug-likeness (QED) is 0.723. The molecule has 5 nitrogen and oxygen atoms in total. The fraction of sp³-hybridized carbons (Fsp3) is 0.333. The van der Waals surface area contributed by atoms with Crippen LogP contribution in [0.1, 0.15) is 53.0 Å². The molecule has 25 heavy (non-hydrogen) atoms. The SMILES string of the molecule is O=C(Nc1ccc(Cl)c(C(=O)NC2CCCCC2)c1)c1ccc(Br)o1. The van der Waals surface area contributed by atoms with E-state index < -0.39 is 5.91 Å². The molecule has 0 spiro atoms. The molecule has 2 aromatic rings. The van der Waals surface area contributed by atoms with Gasteiger partial charge in [-0.15, -0.1) is 0 Å². The first-order chi connectivity index (χ1) is 12.0. The van der Waals surface area contributed by atoms with Gasteiger partial charge in [0.2, 0.25) is 0 Å². The summed E-state index contributed by atoms with van der Waals surface area (Å²) in [5.74, 6) is -0.435. The molecule has 1 heterocycles. The predicted molar refractivity (Wildman–Crippen MR) is 100 cm³/mol. The third-order valence-corrected chi connectivity index (χ3v) is 4.96. The molecule has 1 saturated carbocycles. The number of halogens is 2. The van der Waals surface area contributed by atoms with Gasteiger partial charge in [0.05, 0.1) is 10.6 Å². The van der Waals surface area contributed by atoms with E-state index in [9.17, 15) is 9.59 Å². The van der Waals surface area contributed by atoms with E-state index in [1.807, 2.05) is 0 Å². The molecule has 0 saturated heterocycles.